The quantitative estimate of drug-likeness (QED) is 0.201. The van der Waals surface area contributed by atoms with Crippen molar-refractivity contribution in [3.8, 4) is 0 Å². The van der Waals surface area contributed by atoms with Crippen LogP contribution in [-0.4, -0.2) is 12.7 Å². The largest absolute Gasteiger partial charge is 0.378 e. The summed E-state index contributed by atoms with van der Waals surface area (Å²) < 4.78 is 6.49. The third-order valence-electron chi connectivity index (χ3n) is 12.2. The lowest BCUT2D eigenvalue weighted by molar-refractivity contribution is -0.00184. The van der Waals surface area contributed by atoms with E-state index in [-0.39, 0.29) is 0 Å². The van der Waals surface area contributed by atoms with Crippen molar-refractivity contribution in [1.82, 2.24) is 0 Å². The van der Waals surface area contributed by atoms with Crippen molar-refractivity contribution < 1.29 is 4.74 Å². The molecule has 0 radical (unpaired) electrons. The van der Waals surface area contributed by atoms with Crippen LogP contribution in [0.3, 0.4) is 0 Å². The second-order valence-corrected chi connectivity index (χ2v) is 16.3. The Hall–Kier alpha value is -0.560. The standard InChI is InChI=1S/C40H70O/c1-30(2)7-6-8-31(3)27-28-41-39-25-23-38(24-26-39)40-29-36(18-17-34-13-9-32(4)10-14-34)20-22-37(40)21-19-35-15-11-33(5)12-16-35/h17-19,21,30-40H,6-16,20,22-29H2,1-5H3. The molecule has 4 fully saturated rings. The van der Waals surface area contributed by atoms with Crippen molar-refractivity contribution in [2.24, 2.45) is 59.2 Å². The van der Waals surface area contributed by atoms with Gasteiger partial charge in [-0.25, -0.2) is 0 Å². The van der Waals surface area contributed by atoms with Crippen LogP contribution in [0.2, 0.25) is 0 Å². The highest BCUT2D eigenvalue weighted by Gasteiger charge is 2.36. The molecule has 0 aliphatic heterocycles. The molecule has 0 bridgehead atoms. The van der Waals surface area contributed by atoms with Crippen molar-refractivity contribution in [1.29, 1.82) is 0 Å². The molecule has 4 atom stereocenters. The number of rotatable bonds is 13. The molecule has 0 aromatic carbocycles. The summed E-state index contributed by atoms with van der Waals surface area (Å²) in [7, 11) is 0. The Bertz CT molecular complexity index is 741. The monoisotopic (exact) mass is 567 g/mol. The highest BCUT2D eigenvalue weighted by molar-refractivity contribution is 5.04. The molecule has 0 aromatic rings. The molecule has 4 aliphatic rings. The van der Waals surface area contributed by atoms with E-state index in [0.717, 1.165) is 65.8 Å². The smallest absolute Gasteiger partial charge is 0.0575 e. The van der Waals surface area contributed by atoms with E-state index in [1.54, 1.807) is 0 Å². The topological polar surface area (TPSA) is 9.23 Å². The fraction of sp³-hybridized carbons (Fsp3) is 0.900. The van der Waals surface area contributed by atoms with Gasteiger partial charge in [0.2, 0.25) is 0 Å². The van der Waals surface area contributed by atoms with Crippen LogP contribution in [0.4, 0.5) is 0 Å². The summed E-state index contributed by atoms with van der Waals surface area (Å²) >= 11 is 0. The second-order valence-electron chi connectivity index (χ2n) is 16.3. The van der Waals surface area contributed by atoms with Gasteiger partial charge in [-0.2, -0.15) is 0 Å². The van der Waals surface area contributed by atoms with Gasteiger partial charge < -0.3 is 4.74 Å². The normalized spacial score (nSPS) is 38.1. The number of hydrogen-bond acceptors (Lipinski definition) is 1. The summed E-state index contributed by atoms with van der Waals surface area (Å²) in [6.45, 7) is 13.0. The van der Waals surface area contributed by atoms with E-state index < -0.39 is 0 Å². The minimum absolute atomic E-state index is 0.528. The SMILES string of the molecule is CC(C)CCCC(C)CCOC1CCC(C2CC(C=CC3CCC(C)CC3)CCC2C=CC2CCC(C)CC2)CC1. The Morgan fingerprint density at radius 1 is 0.585 bits per heavy atom. The van der Waals surface area contributed by atoms with Crippen molar-refractivity contribution >= 4 is 0 Å². The van der Waals surface area contributed by atoms with Gasteiger partial charge in [-0.05, 0) is 136 Å². The van der Waals surface area contributed by atoms with E-state index in [1.807, 2.05) is 0 Å². The molecule has 0 saturated heterocycles. The van der Waals surface area contributed by atoms with Gasteiger partial charge in [0.1, 0.15) is 0 Å². The third-order valence-corrected chi connectivity index (χ3v) is 12.2. The maximum absolute atomic E-state index is 6.49. The molecule has 236 valence electrons. The molecule has 0 aromatic heterocycles. The summed E-state index contributed by atoms with van der Waals surface area (Å²) in [5.41, 5.74) is 0. The fourth-order valence-corrected chi connectivity index (χ4v) is 8.93. The van der Waals surface area contributed by atoms with Crippen LogP contribution in [0.1, 0.15) is 157 Å². The van der Waals surface area contributed by atoms with E-state index in [9.17, 15) is 0 Å². The first kappa shape index (κ1) is 33.3. The average molecular weight is 567 g/mol. The van der Waals surface area contributed by atoms with Crippen LogP contribution in [0, 0.1) is 59.2 Å². The maximum Gasteiger partial charge on any atom is 0.0575 e. The van der Waals surface area contributed by atoms with Gasteiger partial charge >= 0.3 is 0 Å². The Labute approximate surface area is 257 Å². The molecule has 41 heavy (non-hydrogen) atoms. The zero-order valence-corrected chi connectivity index (χ0v) is 28.2. The molecule has 4 unspecified atom stereocenters. The zero-order chi connectivity index (χ0) is 29.0. The van der Waals surface area contributed by atoms with E-state index >= 15 is 0 Å². The molecule has 1 heteroatoms. The van der Waals surface area contributed by atoms with Crippen LogP contribution >= 0.6 is 0 Å². The van der Waals surface area contributed by atoms with E-state index in [4.69, 9.17) is 4.74 Å². The maximum atomic E-state index is 6.49. The predicted octanol–water partition coefficient (Wildman–Crippen LogP) is 12.2. The second kappa shape index (κ2) is 17.7. The Morgan fingerprint density at radius 3 is 1.76 bits per heavy atom. The van der Waals surface area contributed by atoms with Gasteiger partial charge in [-0.15, -0.1) is 0 Å². The summed E-state index contributed by atoms with van der Waals surface area (Å²) in [5, 5.41) is 0. The molecule has 0 heterocycles. The van der Waals surface area contributed by atoms with Crippen LogP contribution in [0.25, 0.3) is 0 Å². The van der Waals surface area contributed by atoms with Gasteiger partial charge in [-0.1, -0.05) is 104 Å². The molecule has 4 rings (SSSR count). The lowest BCUT2D eigenvalue weighted by atomic mass is 9.64. The van der Waals surface area contributed by atoms with Gasteiger partial charge in [0.15, 0.2) is 0 Å². The Kier molecular flexibility index (Phi) is 14.4. The Morgan fingerprint density at radius 2 is 1.15 bits per heavy atom. The van der Waals surface area contributed by atoms with Crippen molar-refractivity contribution in [2.75, 3.05) is 6.61 Å². The summed E-state index contributed by atoms with van der Waals surface area (Å²) in [6.07, 6.45) is 37.9. The Balaban J connectivity index is 1.26. The van der Waals surface area contributed by atoms with E-state index in [0.29, 0.717) is 6.10 Å². The van der Waals surface area contributed by atoms with E-state index in [1.165, 1.54) is 122 Å². The van der Waals surface area contributed by atoms with Gasteiger partial charge in [0.05, 0.1) is 6.10 Å². The third kappa shape index (κ3) is 11.8. The lowest BCUT2D eigenvalue weighted by Gasteiger charge is -2.42. The molecular formula is C40H70O. The molecule has 0 amide bonds. The van der Waals surface area contributed by atoms with Crippen LogP contribution < -0.4 is 0 Å². The predicted molar refractivity (Wildman–Crippen MR) is 179 cm³/mol. The molecule has 4 aliphatic carbocycles. The molecule has 1 nitrogen and oxygen atoms in total. The highest BCUT2D eigenvalue weighted by Crippen LogP contribution is 2.45. The number of hydrogen-bond donors (Lipinski definition) is 0. The first-order valence-electron chi connectivity index (χ1n) is 18.8. The van der Waals surface area contributed by atoms with Gasteiger partial charge in [0, 0.05) is 6.61 Å². The van der Waals surface area contributed by atoms with Crippen LogP contribution in [-0.2, 0) is 4.74 Å². The van der Waals surface area contributed by atoms with Crippen molar-refractivity contribution in [2.45, 2.75) is 163 Å². The van der Waals surface area contributed by atoms with Crippen molar-refractivity contribution in [3.63, 3.8) is 0 Å². The van der Waals surface area contributed by atoms with Crippen LogP contribution in [0.5, 0.6) is 0 Å². The number of allylic oxidation sites excluding steroid dienone is 4. The molecule has 4 saturated carbocycles. The first-order chi connectivity index (χ1) is 19.9. The average Bonchev–Trinajstić information content (AvgIpc) is 2.97. The van der Waals surface area contributed by atoms with Crippen molar-refractivity contribution in [3.05, 3.63) is 24.3 Å². The first-order valence-corrected chi connectivity index (χ1v) is 18.8. The van der Waals surface area contributed by atoms with Crippen LogP contribution in [0.15, 0.2) is 24.3 Å². The van der Waals surface area contributed by atoms with E-state index in [2.05, 4.69) is 58.9 Å². The minimum Gasteiger partial charge on any atom is -0.378 e. The van der Waals surface area contributed by atoms with Gasteiger partial charge in [-0.3, -0.25) is 0 Å². The number of ether oxygens (including phenoxy) is 1. The fourth-order valence-electron chi connectivity index (χ4n) is 8.93. The summed E-state index contributed by atoms with van der Waals surface area (Å²) in [6, 6.07) is 0. The highest BCUT2D eigenvalue weighted by atomic mass is 16.5. The molecule has 0 N–H and O–H groups in total. The zero-order valence-electron chi connectivity index (χ0n) is 28.2. The summed E-state index contributed by atoms with van der Waals surface area (Å²) in [5.74, 6) is 8.74. The minimum atomic E-state index is 0.528. The molecular weight excluding hydrogens is 496 g/mol. The van der Waals surface area contributed by atoms with Gasteiger partial charge in [0.25, 0.3) is 0 Å². The summed E-state index contributed by atoms with van der Waals surface area (Å²) in [4.78, 5) is 0. The lowest BCUT2D eigenvalue weighted by Crippen LogP contribution is -2.33. The molecule has 0 spiro atoms.